The van der Waals surface area contributed by atoms with Gasteiger partial charge in [-0.25, -0.2) is 5.48 Å². The van der Waals surface area contributed by atoms with Crippen LogP contribution >= 0.6 is 0 Å². The summed E-state index contributed by atoms with van der Waals surface area (Å²) in [7, 11) is 0. The van der Waals surface area contributed by atoms with Crippen LogP contribution in [0.4, 0.5) is 0 Å². The number of hydrogen-bond acceptors (Lipinski definition) is 3. The highest BCUT2D eigenvalue weighted by atomic mass is 16.6. The molecule has 0 fully saturated rings. The molecule has 0 aliphatic rings. The Morgan fingerprint density at radius 2 is 2.00 bits per heavy atom. The van der Waals surface area contributed by atoms with Gasteiger partial charge in [0.15, 0.2) is 0 Å². The smallest absolute Gasteiger partial charge is 0.243 e. The van der Waals surface area contributed by atoms with Gasteiger partial charge < -0.3 is 5.73 Å². The van der Waals surface area contributed by atoms with Gasteiger partial charge in [0.1, 0.15) is 0 Å². The molecule has 3 N–H and O–H groups in total. The first-order valence-corrected chi connectivity index (χ1v) is 5.98. The van der Waals surface area contributed by atoms with Crippen LogP contribution in [0.3, 0.4) is 0 Å². The van der Waals surface area contributed by atoms with E-state index in [9.17, 15) is 4.79 Å². The average molecular weight is 230 g/mol. The Morgan fingerprint density at radius 1 is 1.38 bits per heavy atom. The van der Waals surface area contributed by atoms with Crippen LogP contribution in [0, 0.1) is 11.3 Å². The van der Waals surface area contributed by atoms with E-state index >= 15 is 0 Å². The lowest BCUT2D eigenvalue weighted by Crippen LogP contribution is -2.27. The summed E-state index contributed by atoms with van der Waals surface area (Å²) < 4.78 is 0. The molecule has 16 heavy (non-hydrogen) atoms. The Morgan fingerprint density at radius 3 is 2.50 bits per heavy atom. The van der Waals surface area contributed by atoms with Crippen LogP contribution < -0.4 is 11.2 Å². The summed E-state index contributed by atoms with van der Waals surface area (Å²) in [6, 6.07) is 0. The second-order valence-corrected chi connectivity index (χ2v) is 5.43. The van der Waals surface area contributed by atoms with E-state index in [4.69, 9.17) is 10.6 Å². The minimum atomic E-state index is -0.0502. The number of hydrogen-bond donors (Lipinski definition) is 2. The Kier molecular flexibility index (Phi) is 7.34. The summed E-state index contributed by atoms with van der Waals surface area (Å²) in [5.74, 6) is 0.375. The maximum atomic E-state index is 11.4. The lowest BCUT2D eigenvalue weighted by atomic mass is 9.84. The van der Waals surface area contributed by atoms with E-state index in [2.05, 4.69) is 19.3 Å². The zero-order valence-corrected chi connectivity index (χ0v) is 11.0. The van der Waals surface area contributed by atoms with E-state index in [1.54, 1.807) is 0 Å². The van der Waals surface area contributed by atoms with Gasteiger partial charge in [-0.1, -0.05) is 27.7 Å². The lowest BCUT2D eigenvalue weighted by Gasteiger charge is -2.23. The number of nitrogens with one attached hydrogen (secondary N) is 1. The van der Waals surface area contributed by atoms with Gasteiger partial charge in [0.25, 0.3) is 0 Å². The summed E-state index contributed by atoms with van der Waals surface area (Å²) in [5.41, 5.74) is 8.10. The molecule has 0 aliphatic carbocycles. The van der Waals surface area contributed by atoms with Gasteiger partial charge in [0.2, 0.25) is 5.91 Å². The fraction of sp³-hybridized carbons (Fsp3) is 0.917. The van der Waals surface area contributed by atoms with Gasteiger partial charge in [0.05, 0.1) is 6.61 Å². The normalized spacial score (nSPS) is 11.9. The summed E-state index contributed by atoms with van der Waals surface area (Å²) >= 11 is 0. The largest absolute Gasteiger partial charge is 0.330 e. The molecule has 0 radical (unpaired) electrons. The molecule has 4 heteroatoms. The van der Waals surface area contributed by atoms with E-state index < -0.39 is 0 Å². The van der Waals surface area contributed by atoms with E-state index in [1.807, 2.05) is 13.8 Å². The minimum absolute atomic E-state index is 0.0502. The molecule has 0 aromatic rings. The Bertz CT molecular complexity index is 203. The number of carbonyl (C=O) groups is 1. The number of rotatable bonds is 8. The van der Waals surface area contributed by atoms with Crippen molar-refractivity contribution < 1.29 is 9.63 Å². The molecule has 4 nitrogen and oxygen atoms in total. The lowest BCUT2D eigenvalue weighted by molar-refractivity contribution is -0.135. The Balaban J connectivity index is 3.64. The van der Waals surface area contributed by atoms with Gasteiger partial charge in [-0.3, -0.25) is 9.63 Å². The quantitative estimate of drug-likeness (QED) is 0.625. The molecule has 0 aromatic carbocycles. The van der Waals surface area contributed by atoms with Gasteiger partial charge in [-0.15, -0.1) is 0 Å². The summed E-state index contributed by atoms with van der Waals surface area (Å²) in [4.78, 5) is 16.5. The van der Waals surface area contributed by atoms with Gasteiger partial charge in [0, 0.05) is 6.42 Å². The summed E-state index contributed by atoms with van der Waals surface area (Å²) in [6.45, 7) is 9.55. The molecule has 0 saturated carbocycles. The monoisotopic (exact) mass is 230 g/mol. The number of carbonyl (C=O) groups excluding carboxylic acids is 1. The standard InChI is InChI=1S/C12H26N2O2/c1-10(2)9-16-14-11(15)5-6-12(3,4)7-8-13/h10H,5-9,13H2,1-4H3,(H,14,15). The third-order valence-corrected chi connectivity index (χ3v) is 2.45. The van der Waals surface area contributed by atoms with E-state index in [1.165, 1.54) is 0 Å². The van der Waals surface area contributed by atoms with Crippen molar-refractivity contribution >= 4 is 5.91 Å². The predicted octanol–water partition coefficient (Wildman–Crippen LogP) is 1.85. The molecule has 0 rings (SSSR count). The topological polar surface area (TPSA) is 64.3 Å². The maximum absolute atomic E-state index is 11.4. The van der Waals surface area contributed by atoms with Crippen LogP contribution in [0.2, 0.25) is 0 Å². The van der Waals surface area contributed by atoms with Crippen molar-refractivity contribution in [1.29, 1.82) is 0 Å². The highest BCUT2D eigenvalue weighted by molar-refractivity contribution is 5.74. The van der Waals surface area contributed by atoms with Crippen LogP contribution in [0.15, 0.2) is 0 Å². The second kappa shape index (κ2) is 7.63. The highest BCUT2D eigenvalue weighted by Gasteiger charge is 2.18. The van der Waals surface area contributed by atoms with E-state index in [-0.39, 0.29) is 11.3 Å². The molecule has 1 amide bonds. The fourth-order valence-corrected chi connectivity index (χ4v) is 1.31. The van der Waals surface area contributed by atoms with Crippen LogP contribution in [-0.4, -0.2) is 19.1 Å². The molecule has 96 valence electrons. The van der Waals surface area contributed by atoms with Crippen molar-refractivity contribution in [1.82, 2.24) is 5.48 Å². The first kappa shape index (κ1) is 15.4. The summed E-state index contributed by atoms with van der Waals surface area (Å²) in [6.07, 6.45) is 2.26. The molecule has 0 bridgehead atoms. The highest BCUT2D eigenvalue weighted by Crippen LogP contribution is 2.25. The Labute approximate surface area is 98.9 Å². The van der Waals surface area contributed by atoms with E-state index in [0.717, 1.165) is 12.8 Å². The molecule has 0 aliphatic heterocycles. The molecule has 0 unspecified atom stereocenters. The van der Waals surface area contributed by atoms with Crippen molar-refractivity contribution in [3.05, 3.63) is 0 Å². The molecule has 0 spiro atoms. The van der Waals surface area contributed by atoms with Crippen LogP contribution in [0.5, 0.6) is 0 Å². The zero-order valence-electron chi connectivity index (χ0n) is 11.0. The third kappa shape index (κ3) is 8.68. The first-order chi connectivity index (χ1) is 7.37. The van der Waals surface area contributed by atoms with Crippen molar-refractivity contribution in [3.63, 3.8) is 0 Å². The number of amides is 1. The zero-order chi connectivity index (χ0) is 12.6. The average Bonchev–Trinajstić information content (AvgIpc) is 2.14. The number of hydroxylamine groups is 1. The van der Waals surface area contributed by atoms with Crippen molar-refractivity contribution in [3.8, 4) is 0 Å². The molecule has 0 aromatic heterocycles. The number of nitrogens with two attached hydrogens (primary N) is 1. The fourth-order valence-electron chi connectivity index (χ4n) is 1.31. The summed E-state index contributed by atoms with van der Waals surface area (Å²) in [5, 5.41) is 0. The van der Waals surface area contributed by atoms with Gasteiger partial charge >= 0.3 is 0 Å². The van der Waals surface area contributed by atoms with Crippen LogP contribution in [0.25, 0.3) is 0 Å². The SMILES string of the molecule is CC(C)CONC(=O)CCC(C)(C)CCN. The molecule has 0 atom stereocenters. The van der Waals surface area contributed by atoms with Crippen LogP contribution in [0.1, 0.15) is 47.0 Å². The van der Waals surface area contributed by atoms with E-state index in [0.29, 0.717) is 25.5 Å². The van der Waals surface area contributed by atoms with Crippen molar-refractivity contribution in [2.45, 2.75) is 47.0 Å². The Hall–Kier alpha value is -0.610. The third-order valence-electron chi connectivity index (χ3n) is 2.45. The molecule has 0 heterocycles. The van der Waals surface area contributed by atoms with Crippen LogP contribution in [-0.2, 0) is 9.63 Å². The molecular formula is C12H26N2O2. The predicted molar refractivity (Wildman–Crippen MR) is 65.6 cm³/mol. The van der Waals surface area contributed by atoms with Gasteiger partial charge in [-0.05, 0) is 30.7 Å². The van der Waals surface area contributed by atoms with Gasteiger partial charge in [-0.2, -0.15) is 0 Å². The maximum Gasteiger partial charge on any atom is 0.243 e. The molecule has 0 saturated heterocycles. The minimum Gasteiger partial charge on any atom is -0.330 e. The first-order valence-electron chi connectivity index (χ1n) is 5.98. The molecular weight excluding hydrogens is 204 g/mol. The van der Waals surface area contributed by atoms with Crippen molar-refractivity contribution in [2.24, 2.45) is 17.1 Å². The van der Waals surface area contributed by atoms with Crippen molar-refractivity contribution in [2.75, 3.05) is 13.2 Å². The second-order valence-electron chi connectivity index (χ2n) is 5.43.